The fourth-order valence-corrected chi connectivity index (χ4v) is 5.63. The second-order valence-electron chi connectivity index (χ2n) is 9.87. The van der Waals surface area contributed by atoms with Gasteiger partial charge in [0.05, 0.1) is 18.5 Å². The van der Waals surface area contributed by atoms with Crippen LogP contribution in [0.5, 0.6) is 17.2 Å². The van der Waals surface area contributed by atoms with E-state index in [0.29, 0.717) is 47.1 Å². The van der Waals surface area contributed by atoms with Gasteiger partial charge in [-0.1, -0.05) is 12.1 Å². The van der Waals surface area contributed by atoms with Gasteiger partial charge in [0, 0.05) is 48.3 Å². The number of piperidine rings is 1. The molecule has 9 nitrogen and oxygen atoms in total. The number of H-pyrrole nitrogens is 1. The molecule has 5 rings (SSSR count). The van der Waals surface area contributed by atoms with E-state index in [1.54, 1.807) is 37.6 Å². The number of hydrogen-bond acceptors (Lipinski definition) is 7. The van der Waals surface area contributed by atoms with E-state index in [1.165, 1.54) is 10.8 Å². The fraction of sp³-hybridized carbons (Fsp3) is 0.345. The lowest BCUT2D eigenvalue weighted by molar-refractivity contribution is 0.0168. The molecule has 0 unspecified atom stereocenters. The molecule has 206 valence electrons. The molecule has 2 aromatic heterocycles. The molecule has 2 aromatic carbocycles. The number of sulfone groups is 1. The highest BCUT2D eigenvalue weighted by molar-refractivity contribution is 7.89. The first-order chi connectivity index (χ1) is 18.8. The summed E-state index contributed by atoms with van der Waals surface area (Å²) in [6.45, 7) is 2.91. The van der Waals surface area contributed by atoms with E-state index in [-0.39, 0.29) is 17.4 Å². The van der Waals surface area contributed by atoms with Crippen LogP contribution in [-0.4, -0.2) is 56.6 Å². The normalized spacial score (nSPS) is 14.5. The first-order valence-electron chi connectivity index (χ1n) is 13.0. The third-order valence-electron chi connectivity index (χ3n) is 6.68. The lowest BCUT2D eigenvalue weighted by Crippen LogP contribution is -2.33. The Kier molecular flexibility index (Phi) is 8.06. The van der Waals surface area contributed by atoms with E-state index < -0.39 is 9.84 Å². The van der Waals surface area contributed by atoms with Crippen LogP contribution in [0.15, 0.2) is 65.7 Å². The topological polar surface area (TPSA) is 112 Å². The van der Waals surface area contributed by atoms with Gasteiger partial charge in [-0.15, -0.1) is 0 Å². The van der Waals surface area contributed by atoms with Gasteiger partial charge >= 0.3 is 0 Å². The van der Waals surface area contributed by atoms with Crippen molar-refractivity contribution in [2.24, 2.45) is 7.05 Å². The van der Waals surface area contributed by atoms with Gasteiger partial charge in [-0.2, -0.15) is 0 Å². The lowest BCUT2D eigenvalue weighted by Gasteiger charge is -2.22. The smallest absolute Gasteiger partial charge is 0.274 e. The highest BCUT2D eigenvalue weighted by Gasteiger charge is 2.17. The Morgan fingerprint density at radius 2 is 1.79 bits per heavy atom. The number of fused-ring (bicyclic) bond motifs is 1. The molecule has 1 saturated heterocycles. The van der Waals surface area contributed by atoms with Crippen LogP contribution in [0, 0.1) is 0 Å². The molecule has 0 radical (unpaired) electrons. The van der Waals surface area contributed by atoms with E-state index in [4.69, 9.17) is 14.2 Å². The van der Waals surface area contributed by atoms with Crippen molar-refractivity contribution in [2.75, 3.05) is 32.6 Å². The first kappa shape index (κ1) is 27.0. The van der Waals surface area contributed by atoms with Crippen molar-refractivity contribution < 1.29 is 22.6 Å². The van der Waals surface area contributed by atoms with Crippen molar-refractivity contribution in [3.8, 4) is 28.4 Å². The molecule has 2 N–H and O–H groups in total. The minimum atomic E-state index is -3.25. The van der Waals surface area contributed by atoms with Gasteiger partial charge in [-0.25, -0.2) is 8.42 Å². The molecular weight excluding hydrogens is 518 g/mol. The molecule has 1 fully saturated rings. The second kappa shape index (κ2) is 11.6. The summed E-state index contributed by atoms with van der Waals surface area (Å²) < 4.78 is 43.7. The van der Waals surface area contributed by atoms with Crippen LogP contribution in [0.3, 0.4) is 0 Å². The van der Waals surface area contributed by atoms with Gasteiger partial charge in [-0.05, 0) is 61.8 Å². The van der Waals surface area contributed by atoms with Crippen LogP contribution >= 0.6 is 0 Å². The van der Waals surface area contributed by atoms with Gasteiger partial charge in [0.1, 0.15) is 29.4 Å². The number of aryl methyl sites for hydroxylation is 1. The monoisotopic (exact) mass is 551 g/mol. The predicted molar refractivity (Wildman–Crippen MR) is 151 cm³/mol. The maximum Gasteiger partial charge on any atom is 0.274 e. The zero-order chi connectivity index (χ0) is 27.4. The highest BCUT2D eigenvalue weighted by atomic mass is 32.2. The van der Waals surface area contributed by atoms with Crippen molar-refractivity contribution in [3.05, 3.63) is 76.8 Å². The highest BCUT2D eigenvalue weighted by Crippen LogP contribution is 2.38. The summed E-state index contributed by atoms with van der Waals surface area (Å²) in [7, 11) is -1.57. The van der Waals surface area contributed by atoms with E-state index >= 15 is 0 Å². The summed E-state index contributed by atoms with van der Waals surface area (Å²) in [5.41, 5.74) is 2.38. The molecule has 0 bridgehead atoms. The molecule has 1 aliphatic heterocycles. The number of benzene rings is 2. The van der Waals surface area contributed by atoms with Gasteiger partial charge < -0.3 is 29.1 Å². The summed E-state index contributed by atoms with van der Waals surface area (Å²) in [5, 5.41) is 4.06. The van der Waals surface area contributed by atoms with Crippen LogP contribution in [0.25, 0.3) is 22.0 Å². The molecule has 39 heavy (non-hydrogen) atoms. The largest absolute Gasteiger partial charge is 0.491 e. The number of rotatable bonds is 10. The summed E-state index contributed by atoms with van der Waals surface area (Å²) >= 11 is 0. The average molecular weight is 552 g/mol. The molecule has 0 spiro atoms. The summed E-state index contributed by atoms with van der Waals surface area (Å²) in [6, 6.07) is 14.5. The van der Waals surface area contributed by atoms with Gasteiger partial charge in [0.2, 0.25) is 0 Å². The van der Waals surface area contributed by atoms with Crippen molar-refractivity contribution in [2.45, 2.75) is 24.7 Å². The van der Waals surface area contributed by atoms with Crippen molar-refractivity contribution >= 4 is 20.7 Å². The summed E-state index contributed by atoms with van der Waals surface area (Å²) in [4.78, 5) is 15.6. The zero-order valence-corrected chi connectivity index (χ0v) is 22.9. The Balaban J connectivity index is 1.40. The SMILES string of the molecule is Cn1cc(-c2cc(CS(C)(=O)=O)ccc2Oc2cccc(OCCOC3CCNCC3)c2)c2cc[nH]c2c1=O. The lowest BCUT2D eigenvalue weighted by atomic mass is 10.0. The van der Waals surface area contributed by atoms with E-state index in [0.717, 1.165) is 36.9 Å². The van der Waals surface area contributed by atoms with E-state index in [2.05, 4.69) is 10.3 Å². The Hall–Kier alpha value is -3.60. The van der Waals surface area contributed by atoms with Crippen LogP contribution in [0.2, 0.25) is 0 Å². The van der Waals surface area contributed by atoms with Gasteiger partial charge in [-0.3, -0.25) is 4.79 Å². The molecule has 4 aromatic rings. The van der Waals surface area contributed by atoms with Crippen molar-refractivity contribution in [1.82, 2.24) is 14.9 Å². The molecule has 0 saturated carbocycles. The number of ether oxygens (including phenoxy) is 3. The van der Waals surface area contributed by atoms with E-state index in [9.17, 15) is 13.2 Å². The number of nitrogens with one attached hydrogen (secondary N) is 2. The molecule has 1 aliphatic rings. The van der Waals surface area contributed by atoms with Crippen molar-refractivity contribution in [1.29, 1.82) is 0 Å². The predicted octanol–water partition coefficient (Wildman–Crippen LogP) is 4.02. The Morgan fingerprint density at radius 3 is 2.59 bits per heavy atom. The van der Waals surface area contributed by atoms with Crippen LogP contribution in [0.4, 0.5) is 0 Å². The Labute approximate surface area is 227 Å². The Morgan fingerprint density at radius 1 is 1.00 bits per heavy atom. The van der Waals surface area contributed by atoms with Crippen molar-refractivity contribution in [3.63, 3.8) is 0 Å². The maximum absolute atomic E-state index is 12.6. The third-order valence-corrected chi connectivity index (χ3v) is 7.54. The number of pyridine rings is 1. The quantitative estimate of drug-likeness (QED) is 0.287. The fourth-order valence-electron chi connectivity index (χ4n) is 4.84. The van der Waals surface area contributed by atoms with Crippen LogP contribution in [-0.2, 0) is 27.4 Å². The molecule has 10 heteroatoms. The standard InChI is InChI=1S/C29H33N3O6S/c1-32-18-26(24-10-13-31-28(24)29(32)33)25-16-20(19-39(2,34)35)6-7-27(25)38-23-5-3-4-22(17-23)37-15-14-36-21-8-11-30-12-9-21/h3-7,10,13,16-18,21,30-31H,8-9,11-12,14-15,19H2,1-2H3. The minimum absolute atomic E-state index is 0.106. The average Bonchev–Trinajstić information content (AvgIpc) is 3.40. The molecule has 0 amide bonds. The summed E-state index contributed by atoms with van der Waals surface area (Å²) in [5.74, 6) is 1.65. The number of nitrogens with zero attached hydrogens (tertiary/aromatic N) is 1. The number of aromatic amines is 1. The Bertz CT molecular complexity index is 1620. The van der Waals surface area contributed by atoms with Gasteiger partial charge in [0.15, 0.2) is 9.84 Å². The maximum atomic E-state index is 12.6. The minimum Gasteiger partial charge on any atom is -0.491 e. The van der Waals surface area contributed by atoms with Crippen LogP contribution < -0.4 is 20.3 Å². The second-order valence-corrected chi connectivity index (χ2v) is 12.0. The molecule has 0 atom stereocenters. The number of aromatic nitrogens is 2. The molecular formula is C29H33N3O6S. The number of hydrogen-bond donors (Lipinski definition) is 2. The molecule has 0 aliphatic carbocycles. The van der Waals surface area contributed by atoms with E-state index in [1.807, 2.05) is 30.3 Å². The first-order valence-corrected chi connectivity index (χ1v) is 15.0. The van der Waals surface area contributed by atoms with Crippen LogP contribution in [0.1, 0.15) is 18.4 Å². The summed E-state index contributed by atoms with van der Waals surface area (Å²) in [6.07, 6.45) is 6.96. The van der Waals surface area contributed by atoms with Gasteiger partial charge in [0.25, 0.3) is 5.56 Å². The third kappa shape index (κ3) is 6.70. The zero-order valence-electron chi connectivity index (χ0n) is 22.1. The molecule has 3 heterocycles.